The maximum Gasteiger partial charge on any atom is 0.116 e. The highest BCUT2D eigenvalue weighted by Crippen LogP contribution is 2.36. The van der Waals surface area contributed by atoms with Crippen LogP contribution in [0, 0.1) is 0 Å². The van der Waals surface area contributed by atoms with Crippen molar-refractivity contribution in [3.63, 3.8) is 0 Å². The zero-order chi connectivity index (χ0) is 18.1. The summed E-state index contributed by atoms with van der Waals surface area (Å²) in [6, 6.07) is 11.7. The maximum atomic E-state index is 9.50. The fraction of sp³-hybridized carbons (Fsp3) is 0.300. The van der Waals surface area contributed by atoms with Crippen molar-refractivity contribution in [3.8, 4) is 11.1 Å². The second kappa shape index (κ2) is 7.49. The van der Waals surface area contributed by atoms with E-state index in [9.17, 15) is 5.11 Å². The SMILES string of the molecule is OC[C@@H]1CC(c2ncnc3cc(Cl)c(-c4ccc(Cl)cc4)cc23)CCN1. The van der Waals surface area contributed by atoms with Crippen molar-refractivity contribution in [2.24, 2.45) is 0 Å². The number of rotatable bonds is 3. The number of benzene rings is 2. The quantitative estimate of drug-likeness (QED) is 0.697. The number of nitrogens with one attached hydrogen (secondary N) is 1. The van der Waals surface area contributed by atoms with E-state index in [0.717, 1.165) is 47.1 Å². The molecule has 134 valence electrons. The molecule has 4 rings (SSSR count). The van der Waals surface area contributed by atoms with E-state index in [1.54, 1.807) is 6.33 Å². The van der Waals surface area contributed by atoms with Gasteiger partial charge in [-0.05, 0) is 49.2 Å². The van der Waals surface area contributed by atoms with Crippen molar-refractivity contribution >= 4 is 34.1 Å². The lowest BCUT2D eigenvalue weighted by molar-refractivity contribution is 0.210. The second-order valence-electron chi connectivity index (χ2n) is 6.67. The van der Waals surface area contributed by atoms with Crippen molar-refractivity contribution < 1.29 is 5.11 Å². The molecule has 26 heavy (non-hydrogen) atoms. The van der Waals surface area contributed by atoms with Crippen LogP contribution in [0.15, 0.2) is 42.7 Å². The fourth-order valence-electron chi connectivity index (χ4n) is 3.67. The summed E-state index contributed by atoms with van der Waals surface area (Å²) in [5.74, 6) is 0.290. The number of hydrogen-bond acceptors (Lipinski definition) is 4. The lowest BCUT2D eigenvalue weighted by atomic mass is 9.87. The molecular formula is C20H19Cl2N3O. The molecule has 0 saturated carbocycles. The summed E-state index contributed by atoms with van der Waals surface area (Å²) in [6.45, 7) is 1.01. The van der Waals surface area contributed by atoms with Gasteiger partial charge >= 0.3 is 0 Å². The molecule has 1 unspecified atom stereocenters. The Morgan fingerprint density at radius 1 is 1.12 bits per heavy atom. The molecule has 0 amide bonds. The number of aromatic nitrogens is 2. The van der Waals surface area contributed by atoms with E-state index in [0.29, 0.717) is 10.0 Å². The Labute approximate surface area is 162 Å². The van der Waals surface area contributed by atoms with Crippen LogP contribution in [0.1, 0.15) is 24.5 Å². The Bertz CT molecular complexity index is 930. The number of piperidine rings is 1. The minimum absolute atomic E-state index is 0.113. The van der Waals surface area contributed by atoms with Gasteiger partial charge in [0.2, 0.25) is 0 Å². The van der Waals surface area contributed by atoms with Crippen LogP contribution >= 0.6 is 23.2 Å². The topological polar surface area (TPSA) is 58.0 Å². The molecule has 1 fully saturated rings. The molecular weight excluding hydrogens is 369 g/mol. The van der Waals surface area contributed by atoms with Crippen LogP contribution in [0.5, 0.6) is 0 Å². The van der Waals surface area contributed by atoms with Crippen LogP contribution in [0.2, 0.25) is 10.0 Å². The van der Waals surface area contributed by atoms with Gasteiger partial charge in [-0.2, -0.15) is 0 Å². The number of hydrogen-bond donors (Lipinski definition) is 2. The highest BCUT2D eigenvalue weighted by Gasteiger charge is 2.25. The number of aliphatic hydroxyl groups is 1. The Kier molecular flexibility index (Phi) is 5.09. The molecule has 0 radical (unpaired) electrons. The van der Waals surface area contributed by atoms with E-state index in [-0.39, 0.29) is 18.6 Å². The first kappa shape index (κ1) is 17.7. The van der Waals surface area contributed by atoms with E-state index in [4.69, 9.17) is 23.2 Å². The number of aliphatic hydroxyl groups excluding tert-OH is 1. The molecule has 1 aliphatic rings. The molecule has 6 heteroatoms. The van der Waals surface area contributed by atoms with Gasteiger partial charge in [0.25, 0.3) is 0 Å². The van der Waals surface area contributed by atoms with Gasteiger partial charge in [0.15, 0.2) is 0 Å². The van der Waals surface area contributed by atoms with Gasteiger partial charge in [-0.3, -0.25) is 0 Å². The average Bonchev–Trinajstić information content (AvgIpc) is 2.68. The Balaban J connectivity index is 1.82. The van der Waals surface area contributed by atoms with E-state index in [2.05, 4.69) is 21.4 Å². The third-order valence-corrected chi connectivity index (χ3v) is 5.58. The second-order valence-corrected chi connectivity index (χ2v) is 7.51. The van der Waals surface area contributed by atoms with Crippen LogP contribution in [0.25, 0.3) is 22.0 Å². The minimum atomic E-state index is 0.113. The summed E-state index contributed by atoms with van der Waals surface area (Å²) in [5, 5.41) is 15.2. The summed E-state index contributed by atoms with van der Waals surface area (Å²) in [5.41, 5.74) is 3.83. The van der Waals surface area contributed by atoms with E-state index in [1.807, 2.05) is 30.3 Å². The monoisotopic (exact) mass is 387 g/mol. The van der Waals surface area contributed by atoms with Crippen molar-refractivity contribution in [2.75, 3.05) is 13.2 Å². The van der Waals surface area contributed by atoms with Crippen LogP contribution in [-0.4, -0.2) is 34.3 Å². The zero-order valence-corrected chi connectivity index (χ0v) is 15.6. The van der Waals surface area contributed by atoms with E-state index < -0.39 is 0 Å². The van der Waals surface area contributed by atoms with Gasteiger partial charge in [-0.25, -0.2) is 9.97 Å². The standard InChI is InChI=1S/C20H19Cl2N3O/c21-14-3-1-12(2-4-14)16-8-17-19(9-18(16)22)24-11-25-20(17)13-5-6-23-15(7-13)10-26/h1-4,8-9,11,13,15,23,26H,5-7,10H2/t13?,15-/m0/s1. The highest BCUT2D eigenvalue weighted by molar-refractivity contribution is 6.34. The van der Waals surface area contributed by atoms with Crippen molar-refractivity contribution in [1.29, 1.82) is 0 Å². The van der Waals surface area contributed by atoms with Gasteiger partial charge in [0.1, 0.15) is 6.33 Å². The molecule has 2 atom stereocenters. The van der Waals surface area contributed by atoms with Crippen LogP contribution in [0.3, 0.4) is 0 Å². The largest absolute Gasteiger partial charge is 0.395 e. The third-order valence-electron chi connectivity index (χ3n) is 5.01. The molecule has 2 N–H and O–H groups in total. The predicted molar refractivity (Wildman–Crippen MR) is 106 cm³/mol. The fourth-order valence-corrected chi connectivity index (χ4v) is 4.06. The molecule has 4 nitrogen and oxygen atoms in total. The van der Waals surface area contributed by atoms with Gasteiger partial charge in [-0.1, -0.05) is 35.3 Å². The molecule has 0 aliphatic carbocycles. The molecule has 3 aromatic rings. The lowest BCUT2D eigenvalue weighted by Crippen LogP contribution is -2.39. The highest BCUT2D eigenvalue weighted by atomic mass is 35.5. The van der Waals surface area contributed by atoms with Crippen molar-refractivity contribution in [1.82, 2.24) is 15.3 Å². The third kappa shape index (κ3) is 3.42. The van der Waals surface area contributed by atoms with Crippen LogP contribution in [-0.2, 0) is 0 Å². The smallest absolute Gasteiger partial charge is 0.116 e. The molecule has 1 saturated heterocycles. The first-order chi connectivity index (χ1) is 12.7. The van der Waals surface area contributed by atoms with Crippen LogP contribution in [0.4, 0.5) is 0 Å². The molecule has 0 bridgehead atoms. The molecule has 2 heterocycles. The molecule has 1 aliphatic heterocycles. The summed E-state index contributed by atoms with van der Waals surface area (Å²) in [6.07, 6.45) is 3.45. The van der Waals surface area contributed by atoms with E-state index in [1.165, 1.54) is 0 Å². The number of fused-ring (bicyclic) bond motifs is 1. The van der Waals surface area contributed by atoms with Gasteiger partial charge in [0, 0.05) is 27.9 Å². The Hall–Kier alpha value is -1.72. The number of halogens is 2. The molecule has 1 aromatic heterocycles. The van der Waals surface area contributed by atoms with Crippen LogP contribution < -0.4 is 5.32 Å². The maximum absolute atomic E-state index is 9.50. The van der Waals surface area contributed by atoms with E-state index >= 15 is 0 Å². The molecule has 2 aromatic carbocycles. The summed E-state index contributed by atoms with van der Waals surface area (Å²) in [7, 11) is 0. The average molecular weight is 388 g/mol. The zero-order valence-electron chi connectivity index (χ0n) is 14.1. The van der Waals surface area contributed by atoms with Gasteiger partial charge < -0.3 is 10.4 Å². The number of nitrogens with zero attached hydrogens (tertiary/aromatic N) is 2. The summed E-state index contributed by atoms with van der Waals surface area (Å²) < 4.78 is 0. The van der Waals surface area contributed by atoms with Crippen molar-refractivity contribution in [2.45, 2.75) is 24.8 Å². The summed E-state index contributed by atoms with van der Waals surface area (Å²) in [4.78, 5) is 9.00. The summed E-state index contributed by atoms with van der Waals surface area (Å²) >= 11 is 12.5. The van der Waals surface area contributed by atoms with Gasteiger partial charge in [0.05, 0.1) is 22.8 Å². The predicted octanol–water partition coefficient (Wildman–Crippen LogP) is 4.43. The Morgan fingerprint density at radius 3 is 2.69 bits per heavy atom. The lowest BCUT2D eigenvalue weighted by Gasteiger charge is -2.29. The minimum Gasteiger partial charge on any atom is -0.395 e. The van der Waals surface area contributed by atoms with Crippen molar-refractivity contribution in [3.05, 3.63) is 58.5 Å². The Morgan fingerprint density at radius 2 is 1.92 bits per heavy atom. The first-order valence-electron chi connectivity index (χ1n) is 8.70. The normalized spacial score (nSPS) is 20.4. The van der Waals surface area contributed by atoms with Gasteiger partial charge in [-0.15, -0.1) is 0 Å². The first-order valence-corrected chi connectivity index (χ1v) is 9.45. The molecule has 0 spiro atoms.